The Hall–Kier alpha value is -4.63. The van der Waals surface area contributed by atoms with Crippen molar-refractivity contribution < 1.29 is 27.5 Å². The van der Waals surface area contributed by atoms with Gasteiger partial charge in [-0.3, -0.25) is 9.10 Å². The van der Waals surface area contributed by atoms with Gasteiger partial charge in [0.25, 0.3) is 15.9 Å². The smallest absolute Gasteiger partial charge is 0.339 e. The topological polar surface area (TPSA) is 102 Å². The third kappa shape index (κ3) is 5.41. The molecule has 0 aliphatic carbocycles. The summed E-state index contributed by atoms with van der Waals surface area (Å²) in [6.07, 6.45) is -0.693. The van der Waals surface area contributed by atoms with Gasteiger partial charge in [0.2, 0.25) is 6.10 Å². The maximum absolute atomic E-state index is 13.5. The summed E-state index contributed by atoms with van der Waals surface area (Å²) in [6, 6.07) is 27.0. The lowest BCUT2D eigenvalue weighted by atomic mass is 10.1. The minimum atomic E-state index is -3.93. The highest BCUT2D eigenvalue weighted by Gasteiger charge is 2.32. The Labute approximate surface area is 233 Å². The summed E-state index contributed by atoms with van der Waals surface area (Å²) < 4.78 is 39.4. The van der Waals surface area contributed by atoms with Gasteiger partial charge in [0, 0.05) is 12.1 Å². The highest BCUT2D eigenvalue weighted by molar-refractivity contribution is 7.92. The van der Waals surface area contributed by atoms with Crippen LogP contribution in [-0.4, -0.2) is 33.9 Å². The van der Waals surface area contributed by atoms with Crippen LogP contribution in [0.4, 0.5) is 11.4 Å². The first-order valence-corrected chi connectivity index (χ1v) is 14.1. The van der Waals surface area contributed by atoms with E-state index in [0.29, 0.717) is 35.7 Å². The predicted molar refractivity (Wildman–Crippen MR) is 152 cm³/mol. The molecule has 8 nitrogen and oxygen atoms in total. The van der Waals surface area contributed by atoms with E-state index in [4.69, 9.17) is 9.47 Å². The van der Waals surface area contributed by atoms with Crippen molar-refractivity contribution in [3.8, 4) is 5.75 Å². The molecule has 1 unspecified atom stereocenters. The molecule has 1 amide bonds. The molecule has 1 N–H and O–H groups in total. The molecule has 9 heteroatoms. The fourth-order valence-electron chi connectivity index (χ4n) is 4.66. The van der Waals surface area contributed by atoms with Crippen LogP contribution in [0.1, 0.15) is 33.2 Å². The zero-order valence-corrected chi connectivity index (χ0v) is 22.9. The molecule has 0 saturated heterocycles. The first kappa shape index (κ1) is 27.0. The highest BCUT2D eigenvalue weighted by atomic mass is 32.2. The zero-order chi connectivity index (χ0) is 28.3. The van der Waals surface area contributed by atoms with Crippen molar-refractivity contribution in [1.29, 1.82) is 0 Å². The maximum atomic E-state index is 13.5. The lowest BCUT2D eigenvalue weighted by Crippen LogP contribution is -2.29. The van der Waals surface area contributed by atoms with Crippen LogP contribution >= 0.6 is 0 Å². The van der Waals surface area contributed by atoms with Gasteiger partial charge in [0.05, 0.1) is 28.9 Å². The fourth-order valence-corrected chi connectivity index (χ4v) is 6.21. The molecular formula is C31H28N2O6S. The number of nitrogens with zero attached hydrogens (tertiary/aromatic N) is 1. The Morgan fingerprint density at radius 3 is 2.42 bits per heavy atom. The number of carbonyl (C=O) groups is 2. The van der Waals surface area contributed by atoms with E-state index in [1.54, 1.807) is 54.6 Å². The number of fused-ring (bicyclic) bond motifs is 1. The van der Waals surface area contributed by atoms with E-state index in [9.17, 15) is 18.0 Å². The van der Waals surface area contributed by atoms with Crippen LogP contribution in [0.15, 0.2) is 102 Å². The molecule has 0 fully saturated rings. The Bertz CT molecular complexity index is 1670. The van der Waals surface area contributed by atoms with E-state index in [-0.39, 0.29) is 10.5 Å². The Kier molecular flexibility index (Phi) is 7.57. The van der Waals surface area contributed by atoms with Crippen molar-refractivity contribution in [3.05, 3.63) is 119 Å². The number of sulfonamides is 1. The average molecular weight is 557 g/mol. The lowest BCUT2D eigenvalue weighted by molar-refractivity contribution is -0.125. The monoisotopic (exact) mass is 556 g/mol. The van der Waals surface area contributed by atoms with Crippen LogP contribution in [0, 0.1) is 6.92 Å². The molecule has 0 bridgehead atoms. The van der Waals surface area contributed by atoms with Crippen LogP contribution < -0.4 is 14.4 Å². The Balaban J connectivity index is 1.42. The van der Waals surface area contributed by atoms with Crippen molar-refractivity contribution in [1.82, 2.24) is 0 Å². The van der Waals surface area contributed by atoms with E-state index in [0.717, 1.165) is 11.1 Å². The summed E-state index contributed by atoms with van der Waals surface area (Å²) in [6.45, 7) is 2.20. The summed E-state index contributed by atoms with van der Waals surface area (Å²) in [5.74, 6) is -0.960. The minimum Gasteiger partial charge on any atom is -0.495 e. The van der Waals surface area contributed by atoms with Crippen LogP contribution in [-0.2, 0) is 26.0 Å². The van der Waals surface area contributed by atoms with E-state index in [1.807, 2.05) is 25.1 Å². The van der Waals surface area contributed by atoms with Gasteiger partial charge in [-0.1, -0.05) is 60.7 Å². The molecule has 0 aromatic heterocycles. The fraction of sp³-hybridized carbons (Fsp3) is 0.161. The van der Waals surface area contributed by atoms with Gasteiger partial charge >= 0.3 is 5.97 Å². The predicted octanol–water partition coefficient (Wildman–Crippen LogP) is 5.29. The second-order valence-corrected chi connectivity index (χ2v) is 11.2. The van der Waals surface area contributed by atoms with Crippen molar-refractivity contribution in [2.45, 2.75) is 24.3 Å². The largest absolute Gasteiger partial charge is 0.495 e. The van der Waals surface area contributed by atoms with Crippen molar-refractivity contribution in [3.63, 3.8) is 0 Å². The van der Waals surface area contributed by atoms with Crippen molar-refractivity contribution in [2.75, 3.05) is 23.3 Å². The summed E-state index contributed by atoms with van der Waals surface area (Å²) in [5, 5.41) is 2.80. The first-order valence-electron chi connectivity index (χ1n) is 12.7. The van der Waals surface area contributed by atoms with Gasteiger partial charge < -0.3 is 14.8 Å². The molecule has 0 radical (unpaired) electrons. The minimum absolute atomic E-state index is 0.00965. The van der Waals surface area contributed by atoms with Gasteiger partial charge in [-0.2, -0.15) is 0 Å². The van der Waals surface area contributed by atoms with Crippen LogP contribution in [0.5, 0.6) is 5.75 Å². The van der Waals surface area contributed by atoms with Crippen LogP contribution in [0.3, 0.4) is 0 Å². The Morgan fingerprint density at radius 1 is 0.900 bits per heavy atom. The number of nitrogens with one attached hydrogen (secondary N) is 1. The second kappa shape index (κ2) is 11.2. The third-order valence-electron chi connectivity index (χ3n) is 6.68. The number of carbonyl (C=O) groups excluding carboxylic acids is 2. The number of aryl methyl sites for hydroxylation is 1. The van der Waals surface area contributed by atoms with Gasteiger partial charge in [-0.05, 0) is 60.9 Å². The highest BCUT2D eigenvalue weighted by Crippen LogP contribution is 2.33. The van der Waals surface area contributed by atoms with E-state index >= 15 is 0 Å². The van der Waals surface area contributed by atoms with E-state index in [2.05, 4.69) is 5.32 Å². The van der Waals surface area contributed by atoms with Crippen LogP contribution in [0.2, 0.25) is 0 Å². The van der Waals surface area contributed by atoms with E-state index < -0.39 is 28.0 Å². The third-order valence-corrected chi connectivity index (χ3v) is 8.49. The summed E-state index contributed by atoms with van der Waals surface area (Å²) in [5.41, 5.74) is 3.38. The molecule has 4 aromatic carbocycles. The van der Waals surface area contributed by atoms with Gasteiger partial charge in [-0.15, -0.1) is 0 Å². The van der Waals surface area contributed by atoms with Gasteiger partial charge in [-0.25, -0.2) is 13.2 Å². The Morgan fingerprint density at radius 2 is 1.65 bits per heavy atom. The molecule has 1 aliphatic heterocycles. The second-order valence-electron chi connectivity index (χ2n) is 9.37. The molecule has 1 atom stereocenters. The molecule has 1 heterocycles. The molecule has 40 heavy (non-hydrogen) atoms. The van der Waals surface area contributed by atoms with E-state index in [1.165, 1.54) is 35.7 Å². The molecule has 0 spiro atoms. The first-order chi connectivity index (χ1) is 19.3. The quantitative estimate of drug-likeness (QED) is 0.296. The van der Waals surface area contributed by atoms with Gasteiger partial charge in [0.15, 0.2) is 0 Å². The number of amides is 1. The van der Waals surface area contributed by atoms with Crippen molar-refractivity contribution in [2.24, 2.45) is 0 Å². The summed E-state index contributed by atoms with van der Waals surface area (Å²) in [4.78, 5) is 26.7. The standard InChI is InChI=1S/C31H28N2O6S/c1-21-15-16-28(38-2)26(19-21)32-30(34)29(23-10-4-3-5-11-23)39-31(35)24-12-8-13-25(20-24)40(36,37)33-18-17-22-9-6-7-14-27(22)33/h3-16,19-20,29H,17-18H2,1-2H3,(H,32,34). The number of hydrogen-bond donors (Lipinski definition) is 1. The van der Waals surface area contributed by atoms with Crippen molar-refractivity contribution >= 4 is 33.3 Å². The number of rotatable bonds is 8. The lowest BCUT2D eigenvalue weighted by Gasteiger charge is -2.21. The number of ether oxygens (including phenoxy) is 2. The molecule has 204 valence electrons. The zero-order valence-electron chi connectivity index (χ0n) is 22.0. The molecule has 0 saturated carbocycles. The maximum Gasteiger partial charge on any atom is 0.339 e. The number of benzene rings is 4. The molecule has 1 aliphatic rings. The summed E-state index contributed by atoms with van der Waals surface area (Å²) >= 11 is 0. The average Bonchev–Trinajstić information content (AvgIpc) is 3.41. The van der Waals surface area contributed by atoms with Gasteiger partial charge in [0.1, 0.15) is 5.75 Å². The molecular weight excluding hydrogens is 528 g/mol. The number of methoxy groups -OCH3 is 1. The summed E-state index contributed by atoms with van der Waals surface area (Å²) in [7, 11) is -2.43. The molecule has 5 rings (SSSR count). The number of para-hydroxylation sites is 1. The SMILES string of the molecule is COc1ccc(C)cc1NC(=O)C(OC(=O)c1cccc(S(=O)(=O)N2CCc3ccccc32)c1)c1ccccc1. The van der Waals surface area contributed by atoms with Crippen LogP contribution in [0.25, 0.3) is 0 Å². The number of anilines is 2. The number of esters is 1. The molecule has 4 aromatic rings. The normalized spacial score (nSPS) is 13.3. The number of hydrogen-bond acceptors (Lipinski definition) is 6.